The Bertz CT molecular complexity index is 652. The van der Waals surface area contributed by atoms with Gasteiger partial charge in [-0.1, -0.05) is 24.6 Å². The van der Waals surface area contributed by atoms with Crippen LogP contribution < -0.4 is 0 Å². The van der Waals surface area contributed by atoms with Crippen LogP contribution in [-0.4, -0.2) is 37.5 Å². The molecule has 1 atom stereocenters. The van der Waals surface area contributed by atoms with Gasteiger partial charge in [0, 0.05) is 6.42 Å². The summed E-state index contributed by atoms with van der Waals surface area (Å²) < 4.78 is 44.1. The minimum absolute atomic E-state index is 0.0169. The lowest BCUT2D eigenvalue weighted by Crippen LogP contribution is -2.28. The van der Waals surface area contributed by atoms with Crippen LogP contribution in [0.25, 0.3) is 0 Å². The van der Waals surface area contributed by atoms with E-state index >= 15 is 0 Å². The fraction of sp³-hybridized carbons (Fsp3) is 0.545. The van der Waals surface area contributed by atoms with Crippen LogP contribution in [0.3, 0.4) is 0 Å². The molecule has 0 aromatic heterocycles. The molecule has 1 unspecified atom stereocenters. The quantitative estimate of drug-likeness (QED) is 0.356. The Kier molecular flexibility index (Phi) is 5.97. The van der Waals surface area contributed by atoms with Crippen molar-refractivity contribution in [2.75, 3.05) is 0 Å². The zero-order chi connectivity index (χ0) is 14.4. The molecule has 0 spiro atoms. The van der Waals surface area contributed by atoms with E-state index in [1.807, 2.05) is 6.92 Å². The average molecular weight is 305 g/mol. The zero-order valence-electron chi connectivity index (χ0n) is 10.4. The minimum Gasteiger partial charge on any atom is -0.411 e. The van der Waals surface area contributed by atoms with E-state index in [2.05, 4.69) is 5.16 Å². The summed E-state index contributed by atoms with van der Waals surface area (Å²) in [5.41, 5.74) is 0.341. The van der Waals surface area contributed by atoms with Gasteiger partial charge < -0.3 is 5.21 Å². The predicted octanol–water partition coefficient (Wildman–Crippen LogP) is 0.686. The number of rotatable bonds is 4. The van der Waals surface area contributed by atoms with E-state index in [4.69, 9.17) is 5.21 Å². The molecule has 1 aliphatic rings. The molecule has 1 aliphatic carbocycles. The second kappa shape index (κ2) is 7.25. The highest BCUT2D eigenvalue weighted by molar-refractivity contribution is 7.75. The SMILES string of the molecule is CCCCC(=NO)C1C=CC(=S(=O)=O)CC1=S(=O)=O. The smallest absolute Gasteiger partial charge is 0.217 e. The number of hydrogen-bond acceptors (Lipinski definition) is 6. The number of hydrogen-bond donors (Lipinski definition) is 1. The van der Waals surface area contributed by atoms with E-state index in [0.717, 1.165) is 12.8 Å². The highest BCUT2D eigenvalue weighted by Crippen LogP contribution is 2.18. The molecule has 6 nitrogen and oxygen atoms in total. The third-order valence-corrected chi connectivity index (χ3v) is 4.41. The van der Waals surface area contributed by atoms with Gasteiger partial charge in [-0.2, -0.15) is 16.8 Å². The maximum absolute atomic E-state index is 11.2. The fourth-order valence-corrected chi connectivity index (χ4v) is 3.10. The molecule has 0 fully saturated rings. The summed E-state index contributed by atoms with van der Waals surface area (Å²) in [6, 6.07) is 0. The predicted molar refractivity (Wildman–Crippen MR) is 73.8 cm³/mol. The van der Waals surface area contributed by atoms with Crippen LogP contribution in [0.4, 0.5) is 0 Å². The minimum atomic E-state index is -2.52. The first-order valence-corrected chi connectivity index (χ1v) is 7.95. The van der Waals surface area contributed by atoms with Crippen molar-refractivity contribution < 1.29 is 22.0 Å². The van der Waals surface area contributed by atoms with Gasteiger partial charge in [0.05, 0.1) is 21.4 Å². The van der Waals surface area contributed by atoms with Crippen molar-refractivity contribution in [1.82, 2.24) is 0 Å². The summed E-state index contributed by atoms with van der Waals surface area (Å²) in [5.74, 6) is -0.651. The van der Waals surface area contributed by atoms with E-state index in [0.29, 0.717) is 12.1 Å². The summed E-state index contributed by atoms with van der Waals surface area (Å²) in [6.07, 6.45) is 4.77. The molecular formula is C11H15NO5S2. The second-order valence-electron chi connectivity index (χ2n) is 4.11. The van der Waals surface area contributed by atoms with Crippen LogP contribution in [0.5, 0.6) is 0 Å². The van der Waals surface area contributed by atoms with Crippen LogP contribution in [-0.2, 0) is 20.6 Å². The Balaban J connectivity index is 3.24. The van der Waals surface area contributed by atoms with Crippen LogP contribution in [0.15, 0.2) is 17.3 Å². The third kappa shape index (κ3) is 4.03. The van der Waals surface area contributed by atoms with Gasteiger partial charge in [0.15, 0.2) is 0 Å². The summed E-state index contributed by atoms with van der Waals surface area (Å²) in [5, 5.41) is 12.2. The van der Waals surface area contributed by atoms with Gasteiger partial charge in [0.2, 0.25) is 20.6 Å². The normalized spacial score (nSPS) is 19.6. The van der Waals surface area contributed by atoms with Gasteiger partial charge >= 0.3 is 0 Å². The molecule has 0 saturated carbocycles. The van der Waals surface area contributed by atoms with E-state index in [1.54, 1.807) is 0 Å². The first kappa shape index (κ1) is 15.6. The van der Waals surface area contributed by atoms with Crippen molar-refractivity contribution in [1.29, 1.82) is 0 Å². The molecule has 0 heterocycles. The van der Waals surface area contributed by atoms with E-state index < -0.39 is 26.5 Å². The van der Waals surface area contributed by atoms with Crippen molar-refractivity contribution in [3.8, 4) is 0 Å². The summed E-state index contributed by atoms with van der Waals surface area (Å²) >= 11 is 0. The first-order valence-electron chi connectivity index (χ1n) is 5.80. The molecule has 0 amide bonds. The molecule has 0 radical (unpaired) electrons. The highest BCUT2D eigenvalue weighted by atomic mass is 32.2. The van der Waals surface area contributed by atoms with Gasteiger partial charge in [0.1, 0.15) is 0 Å². The summed E-state index contributed by atoms with van der Waals surface area (Å²) in [6.45, 7) is 1.97. The topological polar surface area (TPSA) is 101 Å². The number of oxime groups is 1. The molecular weight excluding hydrogens is 290 g/mol. The Morgan fingerprint density at radius 3 is 2.53 bits per heavy atom. The van der Waals surface area contributed by atoms with Crippen molar-refractivity contribution in [2.24, 2.45) is 11.1 Å². The van der Waals surface area contributed by atoms with Gasteiger partial charge in [-0.05, 0) is 18.9 Å². The lowest BCUT2D eigenvalue weighted by atomic mass is 9.89. The van der Waals surface area contributed by atoms with Crippen molar-refractivity contribution in [3.05, 3.63) is 12.2 Å². The molecule has 0 aromatic rings. The molecule has 8 heteroatoms. The summed E-state index contributed by atoms with van der Waals surface area (Å²) in [7, 11) is -4.96. The lowest BCUT2D eigenvalue weighted by molar-refractivity contribution is 0.315. The van der Waals surface area contributed by atoms with Gasteiger partial charge in [0.25, 0.3) is 0 Å². The van der Waals surface area contributed by atoms with Crippen LogP contribution in [0.1, 0.15) is 32.6 Å². The molecule has 0 bridgehead atoms. The Labute approximate surface area is 114 Å². The Morgan fingerprint density at radius 1 is 1.37 bits per heavy atom. The molecule has 1 rings (SSSR count). The number of unbranched alkanes of at least 4 members (excludes halogenated alkanes) is 1. The van der Waals surface area contributed by atoms with Crippen molar-refractivity contribution in [3.63, 3.8) is 0 Å². The van der Waals surface area contributed by atoms with E-state index in [-0.39, 0.29) is 16.1 Å². The summed E-state index contributed by atoms with van der Waals surface area (Å²) in [4.78, 5) is 0.0360. The van der Waals surface area contributed by atoms with E-state index in [1.165, 1.54) is 12.2 Å². The zero-order valence-corrected chi connectivity index (χ0v) is 12.0. The largest absolute Gasteiger partial charge is 0.411 e. The van der Waals surface area contributed by atoms with Crippen LogP contribution in [0.2, 0.25) is 0 Å². The van der Waals surface area contributed by atoms with Crippen molar-refractivity contribution in [2.45, 2.75) is 32.6 Å². The first-order chi connectivity index (χ1) is 9.01. The number of nitrogens with zero attached hydrogens (tertiary/aromatic N) is 1. The molecule has 1 N–H and O–H groups in total. The molecule has 0 aliphatic heterocycles. The van der Waals surface area contributed by atoms with Gasteiger partial charge in [-0.15, -0.1) is 0 Å². The Hall–Kier alpha value is -1.41. The van der Waals surface area contributed by atoms with Gasteiger partial charge in [-0.3, -0.25) is 0 Å². The van der Waals surface area contributed by atoms with Gasteiger partial charge in [-0.25, -0.2) is 0 Å². The van der Waals surface area contributed by atoms with Crippen LogP contribution in [0, 0.1) is 5.92 Å². The monoisotopic (exact) mass is 305 g/mol. The highest BCUT2D eigenvalue weighted by Gasteiger charge is 2.26. The van der Waals surface area contributed by atoms with Crippen LogP contribution >= 0.6 is 0 Å². The maximum Gasteiger partial charge on any atom is 0.217 e. The second-order valence-corrected chi connectivity index (χ2v) is 6.10. The molecule has 0 saturated heterocycles. The standard InChI is InChI=1S/C11H15NO5S2/c1-2-3-4-10(12-13)9-6-5-8(18(14)15)7-11(9)19(16)17/h5-6,9,13H,2-4,7H2,1H3. The average Bonchev–Trinajstić information content (AvgIpc) is 2.39. The Morgan fingerprint density at radius 2 is 2.05 bits per heavy atom. The maximum atomic E-state index is 11.2. The molecule has 0 aromatic carbocycles. The lowest BCUT2D eigenvalue weighted by Gasteiger charge is -2.18. The number of allylic oxidation sites excluding steroid dienone is 2. The van der Waals surface area contributed by atoms with E-state index in [9.17, 15) is 16.8 Å². The third-order valence-electron chi connectivity index (χ3n) is 2.87. The molecule has 19 heavy (non-hydrogen) atoms. The fourth-order valence-electron chi connectivity index (χ4n) is 1.85. The molecule has 106 valence electrons. The van der Waals surface area contributed by atoms with Crippen molar-refractivity contribution >= 4 is 36.0 Å².